The van der Waals surface area contributed by atoms with Crippen LogP contribution in [-0.2, 0) is 7.05 Å². The van der Waals surface area contributed by atoms with Crippen LogP contribution in [0.25, 0.3) is 16.7 Å². The Labute approximate surface area is 120 Å². The summed E-state index contributed by atoms with van der Waals surface area (Å²) in [5, 5.41) is 4.18. The zero-order valence-corrected chi connectivity index (χ0v) is 12.2. The van der Waals surface area contributed by atoms with Crippen LogP contribution in [0.2, 0.25) is 0 Å². The number of aromatic amines is 1. The van der Waals surface area contributed by atoms with Gasteiger partial charge in [0.15, 0.2) is 16.3 Å². The first kappa shape index (κ1) is 12.7. The predicted octanol–water partition coefficient (Wildman–Crippen LogP) is 2.44. The fourth-order valence-electron chi connectivity index (χ4n) is 2.21. The molecule has 0 unspecified atom stereocenters. The van der Waals surface area contributed by atoms with E-state index in [-0.39, 0.29) is 0 Å². The quantitative estimate of drug-likeness (QED) is 0.753. The topological polar surface area (TPSA) is 57.0 Å². The van der Waals surface area contributed by atoms with Gasteiger partial charge in [0, 0.05) is 25.4 Å². The average molecular weight is 290 g/mol. The number of nitrogens with zero attached hydrogens (tertiary/aromatic N) is 3. The van der Waals surface area contributed by atoms with Gasteiger partial charge in [-0.15, -0.1) is 0 Å². The molecule has 104 valence electrons. The molecule has 0 aliphatic rings. The van der Waals surface area contributed by atoms with Crippen molar-refractivity contribution in [1.82, 2.24) is 19.3 Å². The van der Waals surface area contributed by atoms with Gasteiger partial charge in [0.25, 0.3) is 0 Å². The molecule has 0 aliphatic heterocycles. The van der Waals surface area contributed by atoms with Crippen molar-refractivity contribution in [1.29, 1.82) is 0 Å². The number of methoxy groups -OCH3 is 2. The van der Waals surface area contributed by atoms with E-state index in [0.717, 1.165) is 16.7 Å². The standard InChI is InChI=1S/C13H14N4O2S/c1-16-7-8(6-14-16)17-10-5-12(19-3)11(18-2)4-9(10)15-13(17)20/h4-7H,1-3H3,(H,15,20). The Balaban J connectivity index is 2.32. The fourth-order valence-corrected chi connectivity index (χ4v) is 2.53. The summed E-state index contributed by atoms with van der Waals surface area (Å²) in [5.74, 6) is 1.32. The molecule has 1 aromatic carbocycles. The number of aryl methyl sites for hydroxylation is 1. The molecule has 0 atom stereocenters. The molecule has 2 aromatic heterocycles. The number of benzene rings is 1. The maximum Gasteiger partial charge on any atom is 0.182 e. The van der Waals surface area contributed by atoms with E-state index in [1.807, 2.05) is 29.9 Å². The highest BCUT2D eigenvalue weighted by molar-refractivity contribution is 7.71. The lowest BCUT2D eigenvalue weighted by atomic mass is 10.2. The normalized spacial score (nSPS) is 10.9. The molecule has 6 nitrogen and oxygen atoms in total. The summed E-state index contributed by atoms with van der Waals surface area (Å²) < 4.78 is 14.9. The molecule has 0 fully saturated rings. The zero-order chi connectivity index (χ0) is 14.3. The van der Waals surface area contributed by atoms with Gasteiger partial charge in [-0.05, 0) is 12.2 Å². The molecule has 0 saturated heterocycles. The molecule has 0 saturated carbocycles. The Hall–Kier alpha value is -2.28. The summed E-state index contributed by atoms with van der Waals surface area (Å²) in [6.45, 7) is 0. The first-order valence-corrected chi connectivity index (χ1v) is 6.40. The van der Waals surface area contributed by atoms with E-state index in [2.05, 4.69) is 10.1 Å². The molecule has 3 aromatic rings. The van der Waals surface area contributed by atoms with Gasteiger partial charge in [0.2, 0.25) is 0 Å². The largest absolute Gasteiger partial charge is 0.493 e. The van der Waals surface area contributed by atoms with Crippen LogP contribution in [-0.4, -0.2) is 33.6 Å². The van der Waals surface area contributed by atoms with E-state index in [1.165, 1.54) is 0 Å². The molecular weight excluding hydrogens is 276 g/mol. The lowest BCUT2D eigenvalue weighted by molar-refractivity contribution is 0.355. The second-order valence-electron chi connectivity index (χ2n) is 4.36. The monoisotopic (exact) mass is 290 g/mol. The number of aromatic nitrogens is 4. The Morgan fingerprint density at radius 3 is 2.50 bits per heavy atom. The number of rotatable bonds is 3. The highest BCUT2D eigenvalue weighted by Gasteiger charge is 2.13. The Kier molecular flexibility index (Phi) is 2.98. The number of ether oxygens (including phenoxy) is 2. The van der Waals surface area contributed by atoms with Crippen molar-refractivity contribution in [3.05, 3.63) is 29.3 Å². The van der Waals surface area contributed by atoms with Crippen molar-refractivity contribution in [2.75, 3.05) is 14.2 Å². The van der Waals surface area contributed by atoms with Crippen LogP contribution in [0.4, 0.5) is 0 Å². The summed E-state index contributed by atoms with van der Waals surface area (Å²) in [7, 11) is 5.08. The molecule has 0 aliphatic carbocycles. The molecule has 0 radical (unpaired) electrons. The minimum Gasteiger partial charge on any atom is -0.493 e. The third kappa shape index (κ3) is 1.87. The van der Waals surface area contributed by atoms with Gasteiger partial charge < -0.3 is 14.5 Å². The number of imidazole rings is 1. The van der Waals surface area contributed by atoms with Crippen molar-refractivity contribution in [3.8, 4) is 17.2 Å². The number of fused-ring (bicyclic) bond motifs is 1. The summed E-state index contributed by atoms with van der Waals surface area (Å²) >= 11 is 5.39. The van der Waals surface area contributed by atoms with Crippen molar-refractivity contribution in [2.24, 2.45) is 7.05 Å². The minimum absolute atomic E-state index is 0.600. The van der Waals surface area contributed by atoms with E-state index in [1.54, 1.807) is 25.1 Å². The van der Waals surface area contributed by atoms with Crippen LogP contribution >= 0.6 is 12.2 Å². The van der Waals surface area contributed by atoms with Gasteiger partial charge in [-0.2, -0.15) is 5.10 Å². The molecule has 0 bridgehead atoms. The number of hydrogen-bond donors (Lipinski definition) is 1. The van der Waals surface area contributed by atoms with Gasteiger partial charge in [-0.3, -0.25) is 9.25 Å². The maximum atomic E-state index is 5.39. The van der Waals surface area contributed by atoms with Crippen molar-refractivity contribution in [3.63, 3.8) is 0 Å². The lowest BCUT2D eigenvalue weighted by Gasteiger charge is -2.08. The van der Waals surface area contributed by atoms with Crippen LogP contribution in [0, 0.1) is 4.77 Å². The molecule has 0 spiro atoms. The average Bonchev–Trinajstić information content (AvgIpc) is 2.99. The highest BCUT2D eigenvalue weighted by Crippen LogP contribution is 2.32. The Bertz CT molecular complexity index is 831. The number of hydrogen-bond acceptors (Lipinski definition) is 4. The molecule has 0 amide bonds. The SMILES string of the molecule is COc1cc2[nH]c(=S)n(-c3cnn(C)c3)c2cc1OC. The van der Waals surface area contributed by atoms with Crippen molar-refractivity contribution >= 4 is 23.3 Å². The van der Waals surface area contributed by atoms with Crippen molar-refractivity contribution < 1.29 is 9.47 Å². The van der Waals surface area contributed by atoms with Crippen LogP contribution in [0.15, 0.2) is 24.5 Å². The zero-order valence-electron chi connectivity index (χ0n) is 11.4. The van der Waals surface area contributed by atoms with Crippen LogP contribution in [0.5, 0.6) is 11.5 Å². The summed E-state index contributed by atoms with van der Waals surface area (Å²) in [5.41, 5.74) is 2.70. The molecule has 3 rings (SSSR count). The van der Waals surface area contributed by atoms with Gasteiger partial charge in [0.05, 0.1) is 37.1 Å². The first-order valence-electron chi connectivity index (χ1n) is 6.00. The third-order valence-corrected chi connectivity index (χ3v) is 3.42. The second-order valence-corrected chi connectivity index (χ2v) is 4.75. The summed E-state index contributed by atoms with van der Waals surface area (Å²) in [4.78, 5) is 3.17. The number of nitrogens with one attached hydrogen (secondary N) is 1. The molecular formula is C13H14N4O2S. The maximum absolute atomic E-state index is 5.39. The highest BCUT2D eigenvalue weighted by atomic mass is 32.1. The molecule has 20 heavy (non-hydrogen) atoms. The third-order valence-electron chi connectivity index (χ3n) is 3.14. The number of H-pyrrole nitrogens is 1. The van der Waals surface area contributed by atoms with Gasteiger partial charge in [0.1, 0.15) is 0 Å². The molecule has 7 heteroatoms. The van der Waals surface area contributed by atoms with E-state index in [4.69, 9.17) is 21.7 Å². The lowest BCUT2D eigenvalue weighted by Crippen LogP contribution is -1.94. The summed E-state index contributed by atoms with van der Waals surface area (Å²) in [6, 6.07) is 3.77. The van der Waals surface area contributed by atoms with Gasteiger partial charge in [-0.25, -0.2) is 0 Å². The minimum atomic E-state index is 0.600. The van der Waals surface area contributed by atoms with Gasteiger partial charge >= 0.3 is 0 Å². The van der Waals surface area contributed by atoms with Crippen LogP contribution in [0.1, 0.15) is 0 Å². The molecule has 2 heterocycles. The van der Waals surface area contributed by atoms with Crippen molar-refractivity contribution in [2.45, 2.75) is 0 Å². The Morgan fingerprint density at radius 2 is 1.90 bits per heavy atom. The van der Waals surface area contributed by atoms with Crippen LogP contribution < -0.4 is 9.47 Å². The van der Waals surface area contributed by atoms with Crippen LogP contribution in [0.3, 0.4) is 0 Å². The first-order chi connectivity index (χ1) is 9.63. The van der Waals surface area contributed by atoms with E-state index in [0.29, 0.717) is 16.3 Å². The summed E-state index contributed by atoms with van der Waals surface area (Å²) in [6.07, 6.45) is 3.67. The smallest absolute Gasteiger partial charge is 0.182 e. The predicted molar refractivity (Wildman–Crippen MR) is 78.3 cm³/mol. The van der Waals surface area contributed by atoms with E-state index in [9.17, 15) is 0 Å². The second kappa shape index (κ2) is 4.68. The molecule has 1 N–H and O–H groups in total. The van der Waals surface area contributed by atoms with E-state index >= 15 is 0 Å². The fraction of sp³-hybridized carbons (Fsp3) is 0.231. The Morgan fingerprint density at radius 1 is 1.20 bits per heavy atom. The van der Waals surface area contributed by atoms with Gasteiger partial charge in [-0.1, -0.05) is 0 Å². The van der Waals surface area contributed by atoms with E-state index < -0.39 is 0 Å².